The van der Waals surface area contributed by atoms with Gasteiger partial charge >= 0.3 is 0 Å². The Morgan fingerprint density at radius 3 is 0.793 bits per heavy atom. The van der Waals surface area contributed by atoms with E-state index in [9.17, 15) is 0 Å². The van der Waals surface area contributed by atoms with Gasteiger partial charge < -0.3 is 37.9 Å². The van der Waals surface area contributed by atoms with Crippen molar-refractivity contribution >= 4 is 8.07 Å². The Labute approximate surface area is 178 Å². The summed E-state index contributed by atoms with van der Waals surface area (Å²) >= 11 is 0. The number of methoxy groups -OCH3 is 4. The first-order valence-corrected chi connectivity index (χ1v) is 13.3. The molecule has 176 valence electrons. The van der Waals surface area contributed by atoms with E-state index in [1.807, 2.05) is 0 Å². The van der Waals surface area contributed by atoms with Crippen LogP contribution in [0.5, 0.6) is 0 Å². The third kappa shape index (κ3) is 18.4. The van der Waals surface area contributed by atoms with Gasteiger partial charge in [0, 0.05) is 54.9 Å². The Morgan fingerprint density at radius 1 is 0.345 bits per heavy atom. The lowest BCUT2D eigenvalue weighted by molar-refractivity contribution is 0.0688. The van der Waals surface area contributed by atoms with Crippen molar-refractivity contribution < 1.29 is 37.9 Å². The van der Waals surface area contributed by atoms with Gasteiger partial charge in [0.05, 0.1) is 60.9 Å². The molecule has 0 rings (SSSR count). The van der Waals surface area contributed by atoms with Crippen LogP contribution in [0.1, 0.15) is 0 Å². The molecule has 0 radical (unpaired) electrons. The van der Waals surface area contributed by atoms with Crippen LogP contribution in [0.15, 0.2) is 0 Å². The molecule has 0 aliphatic carbocycles. The van der Waals surface area contributed by atoms with Crippen molar-refractivity contribution in [2.45, 2.75) is 24.2 Å². The zero-order valence-corrected chi connectivity index (χ0v) is 20.1. The van der Waals surface area contributed by atoms with Crippen molar-refractivity contribution in [1.29, 1.82) is 0 Å². The summed E-state index contributed by atoms with van der Waals surface area (Å²) in [7, 11) is 5.06. The predicted molar refractivity (Wildman–Crippen MR) is 116 cm³/mol. The average molecular weight is 441 g/mol. The molecule has 29 heavy (non-hydrogen) atoms. The molecule has 0 aliphatic rings. The van der Waals surface area contributed by atoms with E-state index in [0.717, 1.165) is 50.6 Å². The summed E-state index contributed by atoms with van der Waals surface area (Å²) in [5.74, 6) is 0. The van der Waals surface area contributed by atoms with Gasteiger partial charge in [0.1, 0.15) is 0 Å². The predicted octanol–water partition coefficient (Wildman–Crippen LogP) is 2.09. The van der Waals surface area contributed by atoms with Crippen LogP contribution in [0.3, 0.4) is 0 Å². The highest BCUT2D eigenvalue weighted by Crippen LogP contribution is 2.27. The molecule has 0 bridgehead atoms. The van der Waals surface area contributed by atoms with Crippen molar-refractivity contribution in [2.75, 3.05) is 108 Å². The highest BCUT2D eigenvalue weighted by molar-refractivity contribution is 6.80. The van der Waals surface area contributed by atoms with Crippen LogP contribution in [0.4, 0.5) is 0 Å². The van der Waals surface area contributed by atoms with Gasteiger partial charge in [0.15, 0.2) is 0 Å². The van der Waals surface area contributed by atoms with Crippen LogP contribution in [0, 0.1) is 0 Å². The summed E-state index contributed by atoms with van der Waals surface area (Å²) in [5.41, 5.74) is 0. The quantitative estimate of drug-likeness (QED) is 0.167. The van der Waals surface area contributed by atoms with Crippen molar-refractivity contribution in [1.82, 2.24) is 0 Å². The Bertz CT molecular complexity index is 261. The molecule has 8 nitrogen and oxygen atoms in total. The average Bonchev–Trinajstić information content (AvgIpc) is 2.73. The SMILES string of the molecule is COCCOCC[Si](CCOCCOC)(CCOCCOC)CCOCCOC. The molecule has 0 fully saturated rings. The maximum absolute atomic E-state index is 5.79. The molecule has 0 saturated carbocycles. The maximum Gasteiger partial charge on any atom is 0.0700 e. The molecule has 0 amide bonds. The van der Waals surface area contributed by atoms with Gasteiger partial charge in [-0.25, -0.2) is 0 Å². The van der Waals surface area contributed by atoms with E-state index in [1.54, 1.807) is 28.4 Å². The second-order valence-corrected chi connectivity index (χ2v) is 11.9. The van der Waals surface area contributed by atoms with Crippen LogP contribution in [0.2, 0.25) is 24.2 Å². The highest BCUT2D eigenvalue weighted by Gasteiger charge is 2.32. The number of hydrogen-bond acceptors (Lipinski definition) is 8. The number of rotatable bonds is 24. The third-order valence-corrected chi connectivity index (χ3v) is 9.89. The lowest BCUT2D eigenvalue weighted by atomic mass is 10.7. The van der Waals surface area contributed by atoms with Crippen molar-refractivity contribution in [3.63, 3.8) is 0 Å². The smallest absolute Gasteiger partial charge is 0.0700 e. The first kappa shape index (κ1) is 28.9. The van der Waals surface area contributed by atoms with E-state index < -0.39 is 8.07 Å². The van der Waals surface area contributed by atoms with Crippen molar-refractivity contribution in [3.8, 4) is 0 Å². The van der Waals surface area contributed by atoms with Gasteiger partial charge in [-0.3, -0.25) is 0 Å². The molecule has 0 saturated heterocycles. The zero-order valence-electron chi connectivity index (χ0n) is 19.1. The monoisotopic (exact) mass is 440 g/mol. The summed E-state index contributed by atoms with van der Waals surface area (Å²) in [6.45, 7) is 7.94. The van der Waals surface area contributed by atoms with E-state index >= 15 is 0 Å². The Kier molecular flexibility index (Phi) is 22.5. The Morgan fingerprint density at radius 2 is 0.586 bits per heavy atom. The maximum atomic E-state index is 5.79. The minimum Gasteiger partial charge on any atom is -0.382 e. The van der Waals surface area contributed by atoms with Crippen LogP contribution in [0.25, 0.3) is 0 Å². The van der Waals surface area contributed by atoms with E-state index in [0.29, 0.717) is 52.9 Å². The lowest BCUT2D eigenvalue weighted by Gasteiger charge is -2.32. The normalized spacial score (nSPS) is 12.0. The third-order valence-electron chi connectivity index (χ3n) is 4.83. The van der Waals surface area contributed by atoms with Crippen LogP contribution < -0.4 is 0 Å². The number of ether oxygens (including phenoxy) is 8. The lowest BCUT2D eigenvalue weighted by Crippen LogP contribution is -2.39. The minimum absolute atomic E-state index is 0.620. The first-order chi connectivity index (χ1) is 14.2. The van der Waals surface area contributed by atoms with E-state index in [2.05, 4.69) is 0 Å². The summed E-state index contributed by atoms with van der Waals surface area (Å²) in [6, 6.07) is 4.24. The van der Waals surface area contributed by atoms with E-state index in [4.69, 9.17) is 37.9 Å². The fraction of sp³-hybridized carbons (Fsp3) is 1.00. The van der Waals surface area contributed by atoms with Crippen LogP contribution in [-0.4, -0.2) is 116 Å². The second kappa shape index (κ2) is 22.6. The molecule has 0 aromatic rings. The van der Waals surface area contributed by atoms with Crippen LogP contribution in [-0.2, 0) is 37.9 Å². The zero-order chi connectivity index (χ0) is 21.5. The summed E-state index contributed by atoms with van der Waals surface area (Å²) < 4.78 is 43.5. The molecule has 0 heterocycles. The topological polar surface area (TPSA) is 73.8 Å². The van der Waals surface area contributed by atoms with Crippen LogP contribution >= 0.6 is 0 Å². The van der Waals surface area contributed by atoms with Crippen molar-refractivity contribution in [2.24, 2.45) is 0 Å². The largest absolute Gasteiger partial charge is 0.382 e. The minimum atomic E-state index is -1.70. The summed E-state index contributed by atoms with van der Waals surface area (Å²) in [6.07, 6.45) is 0. The standard InChI is InChI=1S/C20H44O8Si/c1-21-5-9-25-13-17-29(18-14-26-10-6-22-2,19-15-27-11-7-23-3)20-16-28-12-8-24-4/h5-20H2,1-4H3. The molecule has 0 N–H and O–H groups in total. The fourth-order valence-corrected chi connectivity index (χ4v) is 6.69. The molecule has 0 aliphatic heterocycles. The Hall–Kier alpha value is -0.103. The van der Waals surface area contributed by atoms with Crippen molar-refractivity contribution in [3.05, 3.63) is 0 Å². The van der Waals surface area contributed by atoms with Gasteiger partial charge in [-0.05, 0) is 24.2 Å². The Balaban J connectivity index is 4.69. The summed E-state index contributed by atoms with van der Waals surface area (Å²) in [4.78, 5) is 0. The molecule has 0 spiro atoms. The van der Waals surface area contributed by atoms with Gasteiger partial charge in [0.25, 0.3) is 0 Å². The van der Waals surface area contributed by atoms with E-state index in [1.165, 1.54) is 0 Å². The molecular weight excluding hydrogens is 396 g/mol. The molecule has 0 aromatic carbocycles. The van der Waals surface area contributed by atoms with Gasteiger partial charge in [0.2, 0.25) is 0 Å². The van der Waals surface area contributed by atoms with E-state index in [-0.39, 0.29) is 0 Å². The van der Waals surface area contributed by atoms with Gasteiger partial charge in [-0.2, -0.15) is 0 Å². The first-order valence-electron chi connectivity index (χ1n) is 10.5. The van der Waals surface area contributed by atoms with Gasteiger partial charge in [-0.15, -0.1) is 0 Å². The molecule has 0 unspecified atom stereocenters. The van der Waals surface area contributed by atoms with Gasteiger partial charge in [-0.1, -0.05) is 0 Å². The molecule has 0 atom stereocenters. The number of hydrogen-bond donors (Lipinski definition) is 0. The highest BCUT2D eigenvalue weighted by atomic mass is 28.3. The fourth-order valence-electron chi connectivity index (χ4n) is 2.88. The molecule has 9 heteroatoms. The molecular formula is C20H44O8Si. The second-order valence-electron chi connectivity index (χ2n) is 6.92. The summed E-state index contributed by atoms with van der Waals surface area (Å²) in [5, 5.41) is 0. The molecule has 0 aromatic heterocycles.